The number of aryl methyl sites for hydroxylation is 2. The number of ketones is 1. The molecule has 0 spiro atoms. The van der Waals surface area contributed by atoms with Gasteiger partial charge < -0.3 is 14.5 Å². The lowest BCUT2D eigenvalue weighted by atomic mass is 10.1. The summed E-state index contributed by atoms with van der Waals surface area (Å²) in [5.74, 6) is -2.37. The van der Waals surface area contributed by atoms with Gasteiger partial charge in [-0.3, -0.25) is 14.9 Å². The van der Waals surface area contributed by atoms with Crippen molar-refractivity contribution in [3.8, 4) is 0 Å². The Kier molecular flexibility index (Phi) is 6.53. The van der Waals surface area contributed by atoms with Crippen LogP contribution in [-0.2, 0) is 9.47 Å². The molecule has 1 heterocycles. The summed E-state index contributed by atoms with van der Waals surface area (Å²) in [6, 6.07) is 3.45. The number of aromatic nitrogens is 1. The number of nitro benzene ring substituents is 1. The number of H-pyrrole nitrogens is 1. The van der Waals surface area contributed by atoms with E-state index in [1.165, 1.54) is 6.07 Å². The minimum atomic E-state index is -1.06. The van der Waals surface area contributed by atoms with Crippen molar-refractivity contribution >= 4 is 35.0 Å². The minimum Gasteiger partial charge on any atom is -0.462 e. The van der Waals surface area contributed by atoms with Gasteiger partial charge in [-0.15, -0.1) is 0 Å². The fraction of sp³-hybridized carbons (Fsp3) is 0.278. The summed E-state index contributed by atoms with van der Waals surface area (Å²) < 4.78 is 9.89. The third kappa shape index (κ3) is 4.37. The summed E-state index contributed by atoms with van der Waals surface area (Å²) in [4.78, 5) is 50.1. The number of carbonyl (C=O) groups excluding carboxylic acids is 3. The van der Waals surface area contributed by atoms with Crippen molar-refractivity contribution in [2.75, 3.05) is 13.2 Å². The van der Waals surface area contributed by atoms with Gasteiger partial charge in [-0.25, -0.2) is 9.59 Å². The molecule has 0 amide bonds. The SMILES string of the molecule is CCOC(=O)c1c(C)[nH]c(C)c1C(=O)COC(=O)c1ccc(Cl)cc1[N+](=O)[O-]. The quantitative estimate of drug-likeness (QED) is 0.321. The number of Topliss-reactive ketones (excluding diaryl/α,β-unsaturated/α-hetero) is 1. The van der Waals surface area contributed by atoms with Gasteiger partial charge in [0, 0.05) is 22.5 Å². The second-order valence-electron chi connectivity index (χ2n) is 5.76. The molecule has 0 bridgehead atoms. The topological polar surface area (TPSA) is 129 Å². The summed E-state index contributed by atoms with van der Waals surface area (Å²) in [5, 5.41) is 11.2. The molecular weight excluding hydrogens is 392 g/mol. The molecule has 9 nitrogen and oxygen atoms in total. The standard InChI is InChI=1S/C18H17ClN2O7/c1-4-27-18(24)16-10(3)20-9(2)15(16)14(22)8-28-17(23)12-6-5-11(19)7-13(12)21(25)26/h5-7,20H,4,8H2,1-3H3. The highest BCUT2D eigenvalue weighted by Gasteiger charge is 2.27. The summed E-state index contributed by atoms with van der Waals surface area (Å²) in [6.45, 7) is 4.26. The molecule has 148 valence electrons. The van der Waals surface area contributed by atoms with Crippen LogP contribution < -0.4 is 0 Å². The van der Waals surface area contributed by atoms with Crippen LogP contribution >= 0.6 is 11.6 Å². The Bertz CT molecular complexity index is 965. The summed E-state index contributed by atoms with van der Waals surface area (Å²) in [6.07, 6.45) is 0. The van der Waals surface area contributed by atoms with Crippen LogP contribution in [0.25, 0.3) is 0 Å². The molecule has 0 aliphatic carbocycles. The number of benzene rings is 1. The van der Waals surface area contributed by atoms with Crippen molar-refractivity contribution in [1.82, 2.24) is 4.98 Å². The average Bonchev–Trinajstić information content (AvgIpc) is 2.93. The first-order valence-corrected chi connectivity index (χ1v) is 8.55. The molecule has 2 rings (SSSR count). The van der Waals surface area contributed by atoms with Crippen LogP contribution in [0.1, 0.15) is 49.4 Å². The van der Waals surface area contributed by atoms with Crippen LogP contribution in [-0.4, -0.2) is 40.8 Å². The van der Waals surface area contributed by atoms with E-state index in [0.717, 1.165) is 12.1 Å². The maximum absolute atomic E-state index is 12.6. The molecule has 1 aromatic carbocycles. The summed E-state index contributed by atoms with van der Waals surface area (Å²) in [5.41, 5.74) is 0.103. The zero-order chi connectivity index (χ0) is 21.0. The number of rotatable bonds is 7. The van der Waals surface area contributed by atoms with Gasteiger partial charge in [0.15, 0.2) is 6.61 Å². The minimum absolute atomic E-state index is 0.0503. The first-order valence-electron chi connectivity index (χ1n) is 8.17. The number of hydrogen-bond acceptors (Lipinski definition) is 7. The highest BCUT2D eigenvalue weighted by atomic mass is 35.5. The fourth-order valence-electron chi connectivity index (χ4n) is 2.70. The Hall–Kier alpha value is -3.20. The Morgan fingerprint density at radius 2 is 1.75 bits per heavy atom. The van der Waals surface area contributed by atoms with Crippen LogP contribution in [0.4, 0.5) is 5.69 Å². The van der Waals surface area contributed by atoms with E-state index in [9.17, 15) is 24.5 Å². The highest BCUT2D eigenvalue weighted by molar-refractivity contribution is 6.31. The molecule has 1 N–H and O–H groups in total. The summed E-state index contributed by atoms with van der Waals surface area (Å²) >= 11 is 5.71. The molecule has 0 aliphatic heterocycles. The van der Waals surface area contributed by atoms with E-state index in [4.69, 9.17) is 21.1 Å². The molecule has 2 aromatic rings. The van der Waals surface area contributed by atoms with Crippen molar-refractivity contribution in [3.63, 3.8) is 0 Å². The number of nitrogens with one attached hydrogen (secondary N) is 1. The maximum atomic E-state index is 12.6. The van der Waals surface area contributed by atoms with Crippen molar-refractivity contribution in [2.24, 2.45) is 0 Å². The lowest BCUT2D eigenvalue weighted by Gasteiger charge is -2.07. The van der Waals surface area contributed by atoms with Crippen LogP contribution in [0.2, 0.25) is 5.02 Å². The second-order valence-corrected chi connectivity index (χ2v) is 6.20. The Morgan fingerprint density at radius 3 is 2.36 bits per heavy atom. The number of aromatic amines is 1. The van der Waals surface area contributed by atoms with E-state index >= 15 is 0 Å². The Morgan fingerprint density at radius 1 is 1.11 bits per heavy atom. The van der Waals surface area contributed by atoms with Gasteiger partial charge in [-0.1, -0.05) is 11.6 Å². The van der Waals surface area contributed by atoms with Crippen molar-refractivity contribution < 1.29 is 28.8 Å². The number of hydrogen-bond donors (Lipinski definition) is 1. The molecule has 0 saturated heterocycles. The molecule has 10 heteroatoms. The molecular formula is C18H17ClN2O7. The van der Waals surface area contributed by atoms with Crippen LogP contribution in [0.5, 0.6) is 0 Å². The molecule has 0 radical (unpaired) electrons. The number of carbonyl (C=O) groups is 3. The second kappa shape index (κ2) is 8.66. The molecule has 1 aromatic heterocycles. The van der Waals surface area contributed by atoms with Crippen LogP contribution in [0, 0.1) is 24.0 Å². The number of ether oxygens (including phenoxy) is 2. The molecule has 0 aliphatic rings. The number of halogens is 1. The van der Waals surface area contributed by atoms with Gasteiger partial charge in [-0.2, -0.15) is 0 Å². The van der Waals surface area contributed by atoms with Gasteiger partial charge in [0.1, 0.15) is 5.56 Å². The van der Waals surface area contributed by atoms with E-state index in [-0.39, 0.29) is 28.3 Å². The largest absolute Gasteiger partial charge is 0.462 e. The number of esters is 2. The van der Waals surface area contributed by atoms with E-state index in [1.54, 1.807) is 20.8 Å². The van der Waals surface area contributed by atoms with Crippen molar-refractivity contribution in [2.45, 2.75) is 20.8 Å². The van der Waals surface area contributed by atoms with Gasteiger partial charge in [-0.05, 0) is 32.9 Å². The molecule has 28 heavy (non-hydrogen) atoms. The lowest BCUT2D eigenvalue weighted by molar-refractivity contribution is -0.385. The number of nitrogens with zero attached hydrogens (tertiary/aromatic N) is 1. The monoisotopic (exact) mass is 408 g/mol. The third-order valence-electron chi connectivity index (χ3n) is 3.84. The summed E-state index contributed by atoms with van der Waals surface area (Å²) in [7, 11) is 0. The first-order chi connectivity index (χ1) is 13.2. The maximum Gasteiger partial charge on any atom is 0.345 e. The molecule has 0 saturated carbocycles. The number of nitro groups is 1. The third-order valence-corrected chi connectivity index (χ3v) is 4.08. The fourth-order valence-corrected chi connectivity index (χ4v) is 2.86. The zero-order valence-corrected chi connectivity index (χ0v) is 16.1. The zero-order valence-electron chi connectivity index (χ0n) is 15.3. The van der Waals surface area contributed by atoms with Gasteiger partial charge >= 0.3 is 11.9 Å². The lowest BCUT2D eigenvalue weighted by Crippen LogP contribution is -2.18. The van der Waals surface area contributed by atoms with E-state index in [0.29, 0.717) is 11.4 Å². The Balaban J connectivity index is 2.23. The molecule has 0 atom stereocenters. The van der Waals surface area contributed by atoms with E-state index in [1.807, 2.05) is 0 Å². The van der Waals surface area contributed by atoms with Crippen molar-refractivity contribution in [3.05, 3.63) is 61.4 Å². The average molecular weight is 409 g/mol. The van der Waals surface area contributed by atoms with E-state index in [2.05, 4.69) is 4.98 Å². The highest BCUT2D eigenvalue weighted by Crippen LogP contribution is 2.24. The predicted molar refractivity (Wildman–Crippen MR) is 98.9 cm³/mol. The smallest absolute Gasteiger partial charge is 0.345 e. The van der Waals surface area contributed by atoms with Gasteiger partial charge in [0.2, 0.25) is 5.78 Å². The van der Waals surface area contributed by atoms with Gasteiger partial charge in [0.25, 0.3) is 5.69 Å². The molecule has 0 unspecified atom stereocenters. The van der Waals surface area contributed by atoms with E-state index < -0.39 is 34.9 Å². The van der Waals surface area contributed by atoms with Gasteiger partial charge in [0.05, 0.1) is 22.7 Å². The Labute approximate surface area is 164 Å². The predicted octanol–water partition coefficient (Wildman–Crippen LogP) is 3.41. The van der Waals surface area contributed by atoms with Crippen molar-refractivity contribution in [1.29, 1.82) is 0 Å². The van der Waals surface area contributed by atoms with Crippen LogP contribution in [0.3, 0.4) is 0 Å². The first kappa shape index (κ1) is 21.1. The normalized spacial score (nSPS) is 10.4. The van der Waals surface area contributed by atoms with Crippen LogP contribution in [0.15, 0.2) is 18.2 Å². The molecule has 0 fully saturated rings.